The first-order valence-electron chi connectivity index (χ1n) is 7.80. The van der Waals surface area contributed by atoms with Crippen LogP contribution in [-0.4, -0.2) is 54.7 Å². The van der Waals surface area contributed by atoms with Crippen molar-refractivity contribution in [1.29, 1.82) is 0 Å². The van der Waals surface area contributed by atoms with Crippen molar-refractivity contribution in [3.8, 4) is 0 Å². The fourth-order valence-electron chi connectivity index (χ4n) is 2.95. The van der Waals surface area contributed by atoms with E-state index >= 15 is 0 Å². The van der Waals surface area contributed by atoms with Gasteiger partial charge >= 0.3 is 0 Å². The van der Waals surface area contributed by atoms with E-state index in [9.17, 15) is 8.42 Å². The molecular weight excluding hydrogens is 312 g/mol. The number of rotatable bonds is 4. The topological polar surface area (TPSA) is 75.2 Å². The van der Waals surface area contributed by atoms with E-state index in [1.807, 2.05) is 0 Å². The predicted molar refractivity (Wildman–Crippen MR) is 91.4 cm³/mol. The van der Waals surface area contributed by atoms with Crippen LogP contribution in [0.25, 0.3) is 10.9 Å². The van der Waals surface area contributed by atoms with Crippen LogP contribution in [0.1, 0.15) is 20.3 Å². The molecule has 1 N–H and O–H groups in total. The van der Waals surface area contributed by atoms with Gasteiger partial charge in [0.15, 0.2) is 9.84 Å². The molecule has 0 unspecified atom stereocenters. The summed E-state index contributed by atoms with van der Waals surface area (Å²) >= 11 is 0. The van der Waals surface area contributed by atoms with Crippen LogP contribution in [0, 0.1) is 0 Å². The second-order valence-corrected chi connectivity index (χ2v) is 8.41. The fourth-order valence-corrected chi connectivity index (χ4v) is 3.60. The number of sulfone groups is 1. The third-order valence-corrected chi connectivity index (χ3v) is 5.44. The number of nitrogens with one attached hydrogen (secondary N) is 1. The molecule has 3 rings (SSSR count). The summed E-state index contributed by atoms with van der Waals surface area (Å²) in [5.74, 6) is 0.705. The molecule has 2 aromatic rings. The van der Waals surface area contributed by atoms with E-state index in [2.05, 4.69) is 34.0 Å². The average Bonchev–Trinajstić information content (AvgIpc) is 2.95. The largest absolute Gasteiger partial charge is 0.365 e. The van der Waals surface area contributed by atoms with Gasteiger partial charge in [0.2, 0.25) is 0 Å². The summed E-state index contributed by atoms with van der Waals surface area (Å²) in [6.07, 6.45) is 3.78. The fraction of sp³-hybridized carbons (Fsp3) is 0.500. The molecule has 1 aliphatic heterocycles. The summed E-state index contributed by atoms with van der Waals surface area (Å²) < 4.78 is 23.6. The summed E-state index contributed by atoms with van der Waals surface area (Å²) in [4.78, 5) is 11.3. The van der Waals surface area contributed by atoms with E-state index in [4.69, 9.17) is 0 Å². The van der Waals surface area contributed by atoms with Crippen LogP contribution in [-0.2, 0) is 9.84 Å². The molecule has 1 aliphatic rings. The van der Waals surface area contributed by atoms with Crippen LogP contribution in [0.3, 0.4) is 0 Å². The van der Waals surface area contributed by atoms with Crippen LogP contribution in [0.4, 0.5) is 5.82 Å². The highest BCUT2D eigenvalue weighted by Gasteiger charge is 2.24. The van der Waals surface area contributed by atoms with Gasteiger partial charge < -0.3 is 5.32 Å². The summed E-state index contributed by atoms with van der Waals surface area (Å²) in [5.41, 5.74) is 0.744. The zero-order valence-corrected chi connectivity index (χ0v) is 14.5. The Morgan fingerprint density at radius 3 is 2.74 bits per heavy atom. The molecule has 0 amide bonds. The lowest BCUT2D eigenvalue weighted by Gasteiger charge is -2.21. The molecular formula is C16H22N4O2S. The highest BCUT2D eigenvalue weighted by Crippen LogP contribution is 2.25. The molecule has 23 heavy (non-hydrogen) atoms. The van der Waals surface area contributed by atoms with E-state index in [1.54, 1.807) is 18.2 Å². The van der Waals surface area contributed by atoms with Gasteiger partial charge in [0.1, 0.15) is 12.1 Å². The molecule has 1 aromatic heterocycles. The van der Waals surface area contributed by atoms with E-state index < -0.39 is 9.84 Å². The third kappa shape index (κ3) is 3.45. The Bertz CT molecular complexity index is 820. The van der Waals surface area contributed by atoms with Crippen molar-refractivity contribution in [1.82, 2.24) is 14.9 Å². The maximum atomic E-state index is 11.8. The Hall–Kier alpha value is -1.73. The minimum atomic E-state index is -3.25. The Morgan fingerprint density at radius 1 is 1.30 bits per heavy atom. The van der Waals surface area contributed by atoms with Crippen LogP contribution in [0.5, 0.6) is 0 Å². The number of likely N-dealkylation sites (tertiary alicyclic amines) is 1. The minimum Gasteiger partial charge on any atom is -0.365 e. The summed E-state index contributed by atoms with van der Waals surface area (Å²) in [7, 11) is -3.25. The molecule has 2 heterocycles. The Morgan fingerprint density at radius 2 is 2.09 bits per heavy atom. The second-order valence-electron chi connectivity index (χ2n) is 6.39. The molecule has 1 saturated heterocycles. The van der Waals surface area contributed by atoms with Gasteiger partial charge in [-0.1, -0.05) is 0 Å². The highest BCUT2D eigenvalue weighted by atomic mass is 32.2. The van der Waals surface area contributed by atoms with Gasteiger partial charge in [0, 0.05) is 36.8 Å². The highest BCUT2D eigenvalue weighted by molar-refractivity contribution is 7.90. The van der Waals surface area contributed by atoms with Gasteiger partial charge in [-0.2, -0.15) is 0 Å². The minimum absolute atomic E-state index is 0.290. The van der Waals surface area contributed by atoms with Crippen molar-refractivity contribution >= 4 is 26.6 Å². The monoisotopic (exact) mass is 334 g/mol. The maximum Gasteiger partial charge on any atom is 0.175 e. The number of fused-ring (bicyclic) bond motifs is 1. The molecule has 124 valence electrons. The van der Waals surface area contributed by atoms with Gasteiger partial charge in [-0.3, -0.25) is 4.90 Å². The second kappa shape index (κ2) is 6.05. The van der Waals surface area contributed by atoms with Crippen molar-refractivity contribution in [3.05, 3.63) is 24.5 Å². The molecule has 0 aliphatic carbocycles. The van der Waals surface area contributed by atoms with Crippen molar-refractivity contribution in [2.75, 3.05) is 24.7 Å². The van der Waals surface area contributed by atoms with Crippen LogP contribution >= 0.6 is 0 Å². The number of aromatic nitrogens is 2. The van der Waals surface area contributed by atoms with Crippen molar-refractivity contribution in [2.45, 2.75) is 37.2 Å². The van der Waals surface area contributed by atoms with Crippen LogP contribution < -0.4 is 5.32 Å². The lowest BCUT2D eigenvalue weighted by Crippen LogP contribution is -2.31. The normalized spacial score (nSPS) is 19.6. The Kier molecular flexibility index (Phi) is 4.25. The molecule has 1 atom stereocenters. The van der Waals surface area contributed by atoms with E-state index in [1.165, 1.54) is 12.6 Å². The van der Waals surface area contributed by atoms with Gasteiger partial charge in [0.25, 0.3) is 0 Å². The lowest BCUT2D eigenvalue weighted by atomic mass is 10.2. The lowest BCUT2D eigenvalue weighted by molar-refractivity contribution is 0.274. The first kappa shape index (κ1) is 16.1. The van der Waals surface area contributed by atoms with E-state index in [0.29, 0.717) is 17.9 Å². The maximum absolute atomic E-state index is 11.8. The molecule has 1 aromatic carbocycles. The average molecular weight is 334 g/mol. The first-order valence-corrected chi connectivity index (χ1v) is 9.69. The van der Waals surface area contributed by atoms with Crippen molar-refractivity contribution < 1.29 is 8.42 Å². The van der Waals surface area contributed by atoms with Crippen LogP contribution in [0.2, 0.25) is 0 Å². The van der Waals surface area contributed by atoms with Gasteiger partial charge in [-0.25, -0.2) is 18.4 Å². The summed E-state index contributed by atoms with van der Waals surface area (Å²) in [6, 6.07) is 5.82. The number of hydrogen-bond donors (Lipinski definition) is 1. The first-order chi connectivity index (χ1) is 10.8. The molecule has 1 fully saturated rings. The molecule has 0 bridgehead atoms. The summed E-state index contributed by atoms with van der Waals surface area (Å²) in [5, 5.41) is 4.21. The van der Waals surface area contributed by atoms with Gasteiger partial charge in [-0.05, 0) is 38.5 Å². The van der Waals surface area contributed by atoms with E-state index in [0.717, 1.165) is 30.4 Å². The molecule has 0 saturated carbocycles. The van der Waals surface area contributed by atoms with Crippen molar-refractivity contribution in [3.63, 3.8) is 0 Å². The number of hydrogen-bond acceptors (Lipinski definition) is 6. The summed E-state index contributed by atoms with van der Waals surface area (Å²) in [6.45, 7) is 6.42. The third-order valence-electron chi connectivity index (χ3n) is 4.33. The van der Waals surface area contributed by atoms with Gasteiger partial charge in [0.05, 0.1) is 10.4 Å². The van der Waals surface area contributed by atoms with Crippen LogP contribution in [0.15, 0.2) is 29.4 Å². The van der Waals surface area contributed by atoms with Gasteiger partial charge in [-0.15, -0.1) is 0 Å². The molecule has 6 nitrogen and oxygen atoms in total. The number of anilines is 1. The quantitative estimate of drug-likeness (QED) is 0.921. The standard InChI is InChI=1S/C16H22N4O2S/c1-11(2)20-7-6-12(9-20)19-16-14-8-13(23(3,21)22)4-5-15(14)17-10-18-16/h4-5,8,10-12H,6-7,9H2,1-3H3,(H,17,18,19)/t12-/m1/s1. The van der Waals surface area contributed by atoms with E-state index in [-0.39, 0.29) is 4.90 Å². The molecule has 7 heteroatoms. The zero-order chi connectivity index (χ0) is 16.6. The Balaban J connectivity index is 1.92. The SMILES string of the molecule is CC(C)N1CC[C@@H](Nc2ncnc3ccc(S(C)(=O)=O)cc23)C1. The predicted octanol–water partition coefficient (Wildman–Crippen LogP) is 1.93. The Labute approximate surface area is 136 Å². The number of benzene rings is 1. The smallest absolute Gasteiger partial charge is 0.175 e. The van der Waals surface area contributed by atoms with Crippen molar-refractivity contribution in [2.24, 2.45) is 0 Å². The molecule has 0 spiro atoms. The number of nitrogens with zero attached hydrogens (tertiary/aromatic N) is 3. The molecule has 0 radical (unpaired) electrons. The zero-order valence-electron chi connectivity index (χ0n) is 13.7.